The average Bonchev–Trinajstić information content (AvgIpc) is 2.60. The van der Waals surface area contributed by atoms with Crippen LogP contribution in [0.2, 0.25) is 0 Å². The molecule has 1 saturated heterocycles. The number of anilines is 1. The highest BCUT2D eigenvalue weighted by Crippen LogP contribution is 2.18. The maximum absolute atomic E-state index is 12.3. The highest BCUT2D eigenvalue weighted by atomic mass is 16.4. The van der Waals surface area contributed by atoms with Crippen molar-refractivity contribution in [3.8, 4) is 0 Å². The lowest BCUT2D eigenvalue weighted by Gasteiger charge is -2.30. The average molecular weight is 333 g/mol. The molecule has 7 heteroatoms. The smallest absolute Gasteiger partial charge is 0.321 e. The SMILES string of the molecule is CCCNC(=O)c1cccc(NC(=O)N2CCCC(C(=O)O)C2)c1. The number of aliphatic carboxylic acids is 1. The summed E-state index contributed by atoms with van der Waals surface area (Å²) in [5.74, 6) is -1.57. The number of piperidine rings is 1. The van der Waals surface area contributed by atoms with Crippen LogP contribution in [-0.2, 0) is 4.79 Å². The zero-order valence-corrected chi connectivity index (χ0v) is 13.7. The van der Waals surface area contributed by atoms with Gasteiger partial charge in [-0.3, -0.25) is 9.59 Å². The Morgan fingerprint density at radius 1 is 1.33 bits per heavy atom. The van der Waals surface area contributed by atoms with E-state index in [4.69, 9.17) is 5.11 Å². The van der Waals surface area contributed by atoms with Gasteiger partial charge in [0.1, 0.15) is 0 Å². The highest BCUT2D eigenvalue weighted by molar-refractivity contribution is 5.97. The number of benzene rings is 1. The summed E-state index contributed by atoms with van der Waals surface area (Å²) >= 11 is 0. The van der Waals surface area contributed by atoms with Gasteiger partial charge >= 0.3 is 12.0 Å². The normalized spacial score (nSPS) is 17.2. The first-order valence-electron chi connectivity index (χ1n) is 8.18. The third-order valence-electron chi connectivity index (χ3n) is 3.97. The minimum atomic E-state index is -0.873. The van der Waals surface area contributed by atoms with Gasteiger partial charge in [0, 0.05) is 30.9 Å². The molecular weight excluding hydrogens is 310 g/mol. The number of carboxylic acids is 1. The number of urea groups is 1. The number of likely N-dealkylation sites (tertiary alicyclic amines) is 1. The molecule has 0 spiro atoms. The Bertz CT molecular complexity index is 618. The van der Waals surface area contributed by atoms with Crippen LogP contribution in [0.1, 0.15) is 36.5 Å². The van der Waals surface area contributed by atoms with Gasteiger partial charge in [0.2, 0.25) is 0 Å². The van der Waals surface area contributed by atoms with E-state index in [-0.39, 0.29) is 18.5 Å². The molecule has 0 aliphatic carbocycles. The summed E-state index contributed by atoms with van der Waals surface area (Å²) in [6, 6.07) is 6.36. The van der Waals surface area contributed by atoms with Crippen molar-refractivity contribution in [2.24, 2.45) is 5.92 Å². The molecule has 1 fully saturated rings. The molecule has 24 heavy (non-hydrogen) atoms. The zero-order chi connectivity index (χ0) is 17.5. The summed E-state index contributed by atoms with van der Waals surface area (Å²) in [6.45, 7) is 3.31. The Morgan fingerprint density at radius 2 is 2.12 bits per heavy atom. The first-order chi connectivity index (χ1) is 11.5. The van der Waals surface area contributed by atoms with Crippen molar-refractivity contribution in [3.05, 3.63) is 29.8 Å². The quantitative estimate of drug-likeness (QED) is 0.769. The second kappa shape index (κ2) is 8.33. The van der Waals surface area contributed by atoms with Gasteiger partial charge in [-0.15, -0.1) is 0 Å². The Kier molecular flexibility index (Phi) is 6.17. The van der Waals surface area contributed by atoms with E-state index in [0.717, 1.165) is 6.42 Å². The van der Waals surface area contributed by atoms with Crippen molar-refractivity contribution in [2.75, 3.05) is 25.0 Å². The van der Waals surface area contributed by atoms with Crippen LogP contribution in [0.25, 0.3) is 0 Å². The molecule has 1 aliphatic heterocycles. The molecule has 2 rings (SSSR count). The van der Waals surface area contributed by atoms with Crippen LogP contribution in [-0.4, -0.2) is 47.5 Å². The van der Waals surface area contributed by atoms with Crippen LogP contribution in [0.4, 0.5) is 10.5 Å². The van der Waals surface area contributed by atoms with E-state index in [9.17, 15) is 14.4 Å². The number of hydrogen-bond donors (Lipinski definition) is 3. The molecule has 1 atom stereocenters. The number of carboxylic acid groups (broad SMARTS) is 1. The fraction of sp³-hybridized carbons (Fsp3) is 0.471. The van der Waals surface area contributed by atoms with Gasteiger partial charge in [-0.25, -0.2) is 4.79 Å². The maximum atomic E-state index is 12.3. The molecule has 0 aromatic heterocycles. The number of carbonyl (C=O) groups excluding carboxylic acids is 2. The number of rotatable bonds is 5. The number of carbonyl (C=O) groups is 3. The monoisotopic (exact) mass is 333 g/mol. The predicted octanol–water partition coefficient (Wildman–Crippen LogP) is 2.15. The molecule has 7 nitrogen and oxygen atoms in total. The molecule has 1 aliphatic rings. The fourth-order valence-electron chi connectivity index (χ4n) is 2.64. The van der Waals surface area contributed by atoms with Crippen molar-refractivity contribution < 1.29 is 19.5 Å². The molecule has 0 saturated carbocycles. The van der Waals surface area contributed by atoms with Crippen molar-refractivity contribution in [1.29, 1.82) is 0 Å². The molecule has 1 aromatic rings. The summed E-state index contributed by atoms with van der Waals surface area (Å²) in [5, 5.41) is 14.6. The first-order valence-corrected chi connectivity index (χ1v) is 8.18. The lowest BCUT2D eigenvalue weighted by molar-refractivity contribution is -0.143. The third kappa shape index (κ3) is 4.71. The van der Waals surface area contributed by atoms with Gasteiger partial charge in [0.05, 0.1) is 5.92 Å². The van der Waals surface area contributed by atoms with Gasteiger partial charge in [0.15, 0.2) is 0 Å². The van der Waals surface area contributed by atoms with E-state index in [1.54, 1.807) is 24.3 Å². The van der Waals surface area contributed by atoms with Crippen molar-refractivity contribution in [2.45, 2.75) is 26.2 Å². The topological polar surface area (TPSA) is 98.7 Å². The number of amides is 3. The minimum absolute atomic E-state index is 0.183. The Balaban J connectivity index is 1.98. The molecular formula is C17H23N3O4. The van der Waals surface area contributed by atoms with E-state index >= 15 is 0 Å². The fourth-order valence-corrected chi connectivity index (χ4v) is 2.64. The third-order valence-corrected chi connectivity index (χ3v) is 3.97. The summed E-state index contributed by atoms with van der Waals surface area (Å²) in [6.07, 6.45) is 2.11. The zero-order valence-electron chi connectivity index (χ0n) is 13.7. The molecule has 3 N–H and O–H groups in total. The molecule has 0 radical (unpaired) electrons. The van der Waals surface area contributed by atoms with Crippen LogP contribution in [0.3, 0.4) is 0 Å². The van der Waals surface area contributed by atoms with E-state index < -0.39 is 11.9 Å². The molecule has 0 bridgehead atoms. The Morgan fingerprint density at radius 3 is 2.83 bits per heavy atom. The molecule has 1 heterocycles. The second-order valence-corrected chi connectivity index (χ2v) is 5.89. The molecule has 3 amide bonds. The lowest BCUT2D eigenvalue weighted by Crippen LogP contribution is -2.44. The van der Waals surface area contributed by atoms with Gasteiger partial charge in [-0.2, -0.15) is 0 Å². The van der Waals surface area contributed by atoms with E-state index in [2.05, 4.69) is 10.6 Å². The van der Waals surface area contributed by atoms with Crippen LogP contribution in [0.5, 0.6) is 0 Å². The van der Waals surface area contributed by atoms with Crippen LogP contribution in [0.15, 0.2) is 24.3 Å². The maximum Gasteiger partial charge on any atom is 0.321 e. The van der Waals surface area contributed by atoms with Gasteiger partial charge in [-0.05, 0) is 37.5 Å². The van der Waals surface area contributed by atoms with E-state index in [1.165, 1.54) is 4.90 Å². The lowest BCUT2D eigenvalue weighted by atomic mass is 9.99. The van der Waals surface area contributed by atoms with Crippen molar-refractivity contribution >= 4 is 23.6 Å². The van der Waals surface area contributed by atoms with Gasteiger partial charge in [-0.1, -0.05) is 13.0 Å². The summed E-state index contributed by atoms with van der Waals surface area (Å²) in [4.78, 5) is 36.9. The summed E-state index contributed by atoms with van der Waals surface area (Å²) in [5.41, 5.74) is 0.991. The number of hydrogen-bond acceptors (Lipinski definition) is 3. The first kappa shape index (κ1) is 17.8. The number of nitrogens with one attached hydrogen (secondary N) is 2. The van der Waals surface area contributed by atoms with Crippen molar-refractivity contribution in [3.63, 3.8) is 0 Å². The van der Waals surface area contributed by atoms with Gasteiger partial charge < -0.3 is 20.6 Å². The second-order valence-electron chi connectivity index (χ2n) is 5.89. The summed E-state index contributed by atoms with van der Waals surface area (Å²) < 4.78 is 0. The van der Waals surface area contributed by atoms with E-state index in [0.29, 0.717) is 37.2 Å². The molecule has 1 unspecified atom stereocenters. The van der Waals surface area contributed by atoms with Crippen LogP contribution < -0.4 is 10.6 Å². The predicted molar refractivity (Wildman–Crippen MR) is 90.0 cm³/mol. The largest absolute Gasteiger partial charge is 0.481 e. The summed E-state index contributed by atoms with van der Waals surface area (Å²) in [7, 11) is 0. The minimum Gasteiger partial charge on any atom is -0.481 e. The molecule has 130 valence electrons. The molecule has 1 aromatic carbocycles. The van der Waals surface area contributed by atoms with Crippen LogP contribution >= 0.6 is 0 Å². The van der Waals surface area contributed by atoms with E-state index in [1.807, 2.05) is 6.92 Å². The Hall–Kier alpha value is -2.57. The Labute approximate surface area is 141 Å². The highest BCUT2D eigenvalue weighted by Gasteiger charge is 2.28. The van der Waals surface area contributed by atoms with Crippen molar-refractivity contribution in [1.82, 2.24) is 10.2 Å². The van der Waals surface area contributed by atoms with Crippen LogP contribution in [0, 0.1) is 5.92 Å². The number of nitrogens with zero attached hydrogens (tertiary/aromatic N) is 1. The van der Waals surface area contributed by atoms with Gasteiger partial charge in [0.25, 0.3) is 5.91 Å². The standard InChI is InChI=1S/C17H23N3O4/c1-2-8-18-15(21)12-5-3-7-14(10-12)19-17(24)20-9-4-6-13(11-20)16(22)23/h3,5,7,10,13H,2,4,6,8-9,11H2,1H3,(H,18,21)(H,19,24)(H,22,23).